The molecule has 1 aromatic carbocycles. The molecule has 1 aliphatic carbocycles. The van der Waals surface area contributed by atoms with E-state index in [0.29, 0.717) is 18.0 Å². The lowest BCUT2D eigenvalue weighted by atomic mass is 10.0. The molecule has 0 bridgehead atoms. The fourth-order valence-corrected chi connectivity index (χ4v) is 4.36. The van der Waals surface area contributed by atoms with E-state index in [4.69, 9.17) is 16.3 Å². The highest BCUT2D eigenvalue weighted by Crippen LogP contribution is 2.33. The Morgan fingerprint density at radius 1 is 1.09 bits per heavy atom. The third-order valence-electron chi connectivity index (χ3n) is 5.93. The highest BCUT2D eigenvalue weighted by atomic mass is 35.5. The monoisotopic (exact) mass is 461 g/mol. The van der Waals surface area contributed by atoms with Crippen molar-refractivity contribution in [2.45, 2.75) is 12.8 Å². The van der Waals surface area contributed by atoms with Crippen LogP contribution in [0.15, 0.2) is 55.0 Å². The van der Waals surface area contributed by atoms with Gasteiger partial charge in [-0.2, -0.15) is 0 Å². The Morgan fingerprint density at radius 2 is 1.88 bits per heavy atom. The minimum absolute atomic E-state index is 0.150. The third kappa shape index (κ3) is 4.74. The van der Waals surface area contributed by atoms with E-state index in [1.54, 1.807) is 12.4 Å². The quantitative estimate of drug-likeness (QED) is 0.606. The van der Waals surface area contributed by atoms with Crippen LogP contribution in [-0.2, 0) is 17.6 Å². The van der Waals surface area contributed by atoms with Crippen molar-refractivity contribution in [1.82, 2.24) is 20.3 Å². The van der Waals surface area contributed by atoms with Gasteiger partial charge in [-0.05, 0) is 29.7 Å². The first kappa shape index (κ1) is 21.6. The fourth-order valence-electron chi connectivity index (χ4n) is 4.13. The molecule has 33 heavy (non-hydrogen) atoms. The van der Waals surface area contributed by atoms with Gasteiger partial charge in [-0.25, -0.2) is 9.97 Å². The molecule has 1 amide bonds. The van der Waals surface area contributed by atoms with Gasteiger partial charge in [-0.1, -0.05) is 35.9 Å². The first-order chi connectivity index (χ1) is 16.2. The van der Waals surface area contributed by atoms with Gasteiger partial charge >= 0.3 is 0 Å². The Hall–Kier alpha value is -3.29. The maximum absolute atomic E-state index is 12.5. The molecular formula is C25H24ClN5O2. The van der Waals surface area contributed by atoms with Crippen LogP contribution in [0.25, 0.3) is 5.57 Å². The lowest BCUT2D eigenvalue weighted by Crippen LogP contribution is -2.36. The summed E-state index contributed by atoms with van der Waals surface area (Å²) in [6.07, 6.45) is 8.91. The second-order valence-electron chi connectivity index (χ2n) is 8.00. The van der Waals surface area contributed by atoms with Gasteiger partial charge in [0.15, 0.2) is 0 Å². The van der Waals surface area contributed by atoms with Crippen LogP contribution in [0, 0.1) is 0 Å². The number of nitrogens with one attached hydrogen (secondary N) is 1. The normalized spacial score (nSPS) is 15.2. The zero-order chi connectivity index (χ0) is 22.6. The molecule has 0 radical (unpaired) electrons. The average molecular weight is 462 g/mol. The van der Waals surface area contributed by atoms with Crippen LogP contribution in [0.5, 0.6) is 0 Å². The Bertz CT molecular complexity index is 1190. The topological polar surface area (TPSA) is 80.2 Å². The van der Waals surface area contributed by atoms with E-state index < -0.39 is 0 Å². The van der Waals surface area contributed by atoms with Crippen LogP contribution in [0.4, 0.5) is 5.69 Å². The highest BCUT2D eigenvalue weighted by molar-refractivity contribution is 6.31. The van der Waals surface area contributed by atoms with E-state index in [1.165, 1.54) is 0 Å². The summed E-state index contributed by atoms with van der Waals surface area (Å²) in [5.74, 6) is -0.150. The van der Waals surface area contributed by atoms with E-state index in [2.05, 4.69) is 37.3 Å². The van der Waals surface area contributed by atoms with Gasteiger partial charge in [0.05, 0.1) is 30.8 Å². The first-order valence-corrected chi connectivity index (χ1v) is 11.4. The van der Waals surface area contributed by atoms with Crippen molar-refractivity contribution in [1.29, 1.82) is 0 Å². The number of hydrogen-bond acceptors (Lipinski definition) is 6. The number of rotatable bonds is 6. The lowest BCUT2D eigenvalue weighted by molar-refractivity contribution is 0.0943. The summed E-state index contributed by atoms with van der Waals surface area (Å²) >= 11 is 6.17. The van der Waals surface area contributed by atoms with Crippen molar-refractivity contribution in [3.8, 4) is 0 Å². The summed E-state index contributed by atoms with van der Waals surface area (Å²) in [7, 11) is 0. The molecule has 1 saturated heterocycles. The number of ether oxygens (including phenoxy) is 1. The minimum atomic E-state index is -0.300. The van der Waals surface area contributed by atoms with Crippen molar-refractivity contribution in [3.63, 3.8) is 0 Å². The van der Waals surface area contributed by atoms with Gasteiger partial charge in [0, 0.05) is 54.6 Å². The molecule has 0 spiro atoms. The number of morpholine rings is 1. The second kappa shape index (κ2) is 9.68. The van der Waals surface area contributed by atoms with E-state index >= 15 is 0 Å². The molecule has 1 fully saturated rings. The Kier molecular flexibility index (Phi) is 6.32. The number of pyridine rings is 1. The predicted molar refractivity (Wildman–Crippen MR) is 128 cm³/mol. The Morgan fingerprint density at radius 3 is 2.67 bits per heavy atom. The summed E-state index contributed by atoms with van der Waals surface area (Å²) in [4.78, 5) is 28.1. The number of nitrogens with zero attached hydrogens (tertiary/aromatic N) is 4. The number of aromatic nitrogens is 3. The number of allylic oxidation sites excluding steroid dienone is 1. The number of anilines is 1. The van der Waals surface area contributed by atoms with E-state index in [9.17, 15) is 4.79 Å². The van der Waals surface area contributed by atoms with Crippen LogP contribution in [0.2, 0.25) is 5.02 Å². The van der Waals surface area contributed by atoms with Crippen LogP contribution in [-0.4, -0.2) is 53.7 Å². The molecule has 3 heterocycles. The molecular weight excluding hydrogens is 438 g/mol. The first-order valence-electron chi connectivity index (χ1n) is 11.1. The molecule has 7 nitrogen and oxygen atoms in total. The van der Waals surface area contributed by atoms with Gasteiger partial charge < -0.3 is 15.0 Å². The summed E-state index contributed by atoms with van der Waals surface area (Å²) in [6.45, 7) is 3.65. The minimum Gasteiger partial charge on any atom is -0.378 e. The van der Waals surface area contributed by atoms with Crippen LogP contribution < -0.4 is 10.2 Å². The summed E-state index contributed by atoms with van der Waals surface area (Å²) in [5.41, 5.74) is 6.16. The number of carbonyl (C=O) groups excluding carboxylic acids is 1. The van der Waals surface area contributed by atoms with Crippen molar-refractivity contribution >= 4 is 28.8 Å². The fraction of sp³-hybridized carbons (Fsp3) is 0.280. The zero-order valence-corrected chi connectivity index (χ0v) is 18.9. The van der Waals surface area contributed by atoms with Crippen LogP contribution in [0.3, 0.4) is 0 Å². The van der Waals surface area contributed by atoms with Crippen LogP contribution >= 0.6 is 11.6 Å². The molecule has 168 valence electrons. The van der Waals surface area contributed by atoms with E-state index in [0.717, 1.165) is 66.4 Å². The van der Waals surface area contributed by atoms with E-state index in [-0.39, 0.29) is 11.7 Å². The Labute approximate surface area is 197 Å². The molecule has 0 unspecified atom stereocenters. The maximum atomic E-state index is 12.5. The van der Waals surface area contributed by atoms with Crippen molar-refractivity contribution in [2.75, 3.05) is 37.7 Å². The van der Waals surface area contributed by atoms with Gasteiger partial charge in [0.1, 0.15) is 0 Å². The smallest absolute Gasteiger partial charge is 0.289 e. The average Bonchev–Trinajstić information content (AvgIpc) is 3.29. The maximum Gasteiger partial charge on any atom is 0.289 e. The largest absolute Gasteiger partial charge is 0.378 e. The number of carbonyl (C=O) groups is 1. The summed E-state index contributed by atoms with van der Waals surface area (Å²) in [6, 6.07) is 9.79. The molecule has 1 aliphatic heterocycles. The van der Waals surface area contributed by atoms with Gasteiger partial charge in [0.25, 0.3) is 5.91 Å². The van der Waals surface area contributed by atoms with Gasteiger partial charge in [-0.3, -0.25) is 9.78 Å². The second-order valence-corrected chi connectivity index (χ2v) is 8.41. The van der Waals surface area contributed by atoms with Crippen molar-refractivity contribution in [2.24, 2.45) is 0 Å². The molecule has 0 atom stereocenters. The van der Waals surface area contributed by atoms with Gasteiger partial charge in [-0.15, -0.1) is 0 Å². The molecule has 2 aliphatic rings. The molecule has 1 N–H and O–H groups in total. The van der Waals surface area contributed by atoms with Crippen molar-refractivity contribution in [3.05, 3.63) is 88.2 Å². The number of amides is 1. The zero-order valence-electron chi connectivity index (χ0n) is 18.1. The molecule has 5 rings (SSSR count). The molecule has 2 aromatic heterocycles. The van der Waals surface area contributed by atoms with Crippen molar-refractivity contribution < 1.29 is 9.53 Å². The predicted octanol–water partition coefficient (Wildman–Crippen LogP) is 3.32. The number of benzene rings is 1. The molecule has 0 saturated carbocycles. The standard InChI is InChI=1S/C25H24ClN5O2/c26-22-4-2-1-3-17(22)7-8-27-25(32)24-29-14-18(15-30-24)20-5-6-23-21(20)13-19(16-28-23)31-9-11-33-12-10-31/h1-5,13-16H,6-12H2,(H,27,32). The summed E-state index contributed by atoms with van der Waals surface area (Å²) < 4.78 is 5.46. The van der Waals surface area contributed by atoms with E-state index in [1.807, 2.05) is 30.5 Å². The third-order valence-corrected chi connectivity index (χ3v) is 6.29. The Balaban J connectivity index is 1.25. The van der Waals surface area contributed by atoms with Crippen LogP contribution in [0.1, 0.15) is 33.0 Å². The SMILES string of the molecule is O=C(NCCc1ccccc1Cl)c1ncc(C2=CCc3ncc(N4CCOCC4)cc32)cn1. The number of hydrogen-bond donors (Lipinski definition) is 1. The lowest BCUT2D eigenvalue weighted by Gasteiger charge is -2.29. The summed E-state index contributed by atoms with van der Waals surface area (Å²) in [5, 5.41) is 3.56. The molecule has 3 aromatic rings. The highest BCUT2D eigenvalue weighted by Gasteiger charge is 2.21. The molecule has 8 heteroatoms. The number of halogens is 1. The van der Waals surface area contributed by atoms with Gasteiger partial charge in [0.2, 0.25) is 5.82 Å². The number of fused-ring (bicyclic) bond motifs is 1.